The van der Waals surface area contributed by atoms with Gasteiger partial charge in [0.05, 0.1) is 7.11 Å². The number of hydrogen-bond acceptors (Lipinski definition) is 4. The summed E-state index contributed by atoms with van der Waals surface area (Å²) in [5, 5.41) is 15.3. The molecule has 0 aromatic heterocycles. The first-order valence-corrected chi connectivity index (χ1v) is 7.47. The van der Waals surface area contributed by atoms with Gasteiger partial charge in [-0.15, -0.1) is 0 Å². The topological polar surface area (TPSA) is 87.7 Å². The number of nitrogens with one attached hydrogen (secondary N) is 2. The minimum atomic E-state index is -0.370. The zero-order valence-electron chi connectivity index (χ0n) is 13.6. The number of carbonyl (C=O) groups excluding carboxylic acids is 2. The van der Waals surface area contributed by atoms with E-state index in [0.717, 1.165) is 5.56 Å². The van der Waals surface area contributed by atoms with Gasteiger partial charge in [0, 0.05) is 24.2 Å². The summed E-state index contributed by atoms with van der Waals surface area (Å²) in [4.78, 5) is 23.2. The lowest BCUT2D eigenvalue weighted by molar-refractivity contribution is 0.101. The Hall–Kier alpha value is -3.02. The van der Waals surface area contributed by atoms with Gasteiger partial charge in [0.15, 0.2) is 17.3 Å². The van der Waals surface area contributed by atoms with Gasteiger partial charge in [0.2, 0.25) is 0 Å². The number of aromatic hydroxyl groups is 1. The van der Waals surface area contributed by atoms with Crippen LogP contribution in [0.5, 0.6) is 11.5 Å². The molecule has 0 atom stereocenters. The quantitative estimate of drug-likeness (QED) is 0.711. The van der Waals surface area contributed by atoms with Crippen LogP contribution in [-0.4, -0.2) is 24.0 Å². The summed E-state index contributed by atoms with van der Waals surface area (Å²) in [6.07, 6.45) is 0. The number of phenols is 1. The lowest BCUT2D eigenvalue weighted by atomic mass is 10.1. The van der Waals surface area contributed by atoms with Crippen molar-refractivity contribution in [3.8, 4) is 11.5 Å². The molecule has 0 aliphatic heterocycles. The Morgan fingerprint density at radius 3 is 2.50 bits per heavy atom. The second-order valence-electron chi connectivity index (χ2n) is 5.26. The summed E-state index contributed by atoms with van der Waals surface area (Å²) in [7, 11) is 1.47. The summed E-state index contributed by atoms with van der Waals surface area (Å²) in [5.41, 5.74) is 2.00. The van der Waals surface area contributed by atoms with Gasteiger partial charge in [-0.3, -0.25) is 4.79 Å². The van der Waals surface area contributed by atoms with Crippen LogP contribution in [0.2, 0.25) is 0 Å². The molecule has 0 aliphatic carbocycles. The molecule has 6 heteroatoms. The fraction of sp³-hybridized carbons (Fsp3) is 0.222. The van der Waals surface area contributed by atoms with Crippen molar-refractivity contribution in [3.05, 3.63) is 59.2 Å². The SMILES string of the molecule is COc1cccc(CNC(=O)NCc2cccc(C(C)=O)c2)c1O. The molecule has 3 N–H and O–H groups in total. The largest absolute Gasteiger partial charge is 0.504 e. The van der Waals surface area contributed by atoms with Gasteiger partial charge in [0.1, 0.15) is 0 Å². The molecule has 24 heavy (non-hydrogen) atoms. The zero-order chi connectivity index (χ0) is 17.5. The van der Waals surface area contributed by atoms with Crippen molar-refractivity contribution in [1.29, 1.82) is 0 Å². The van der Waals surface area contributed by atoms with E-state index >= 15 is 0 Å². The van der Waals surface area contributed by atoms with Crippen LogP contribution in [0.25, 0.3) is 0 Å². The molecule has 2 aromatic carbocycles. The van der Waals surface area contributed by atoms with Gasteiger partial charge in [-0.1, -0.05) is 30.3 Å². The molecule has 0 fully saturated rings. The lowest BCUT2D eigenvalue weighted by Gasteiger charge is -2.11. The van der Waals surface area contributed by atoms with E-state index in [9.17, 15) is 14.7 Å². The van der Waals surface area contributed by atoms with E-state index in [1.54, 1.807) is 36.4 Å². The van der Waals surface area contributed by atoms with Crippen LogP contribution >= 0.6 is 0 Å². The maximum atomic E-state index is 11.9. The zero-order valence-corrected chi connectivity index (χ0v) is 13.6. The van der Waals surface area contributed by atoms with Crippen LogP contribution in [0.15, 0.2) is 42.5 Å². The van der Waals surface area contributed by atoms with Crippen molar-refractivity contribution in [1.82, 2.24) is 10.6 Å². The Labute approximate surface area is 140 Å². The van der Waals surface area contributed by atoms with Crippen LogP contribution in [-0.2, 0) is 13.1 Å². The lowest BCUT2D eigenvalue weighted by Crippen LogP contribution is -2.34. The summed E-state index contributed by atoms with van der Waals surface area (Å²) in [6, 6.07) is 11.8. The maximum Gasteiger partial charge on any atom is 0.315 e. The highest BCUT2D eigenvalue weighted by Gasteiger charge is 2.08. The Balaban J connectivity index is 1.88. The normalized spacial score (nSPS) is 10.1. The smallest absolute Gasteiger partial charge is 0.315 e. The summed E-state index contributed by atoms with van der Waals surface area (Å²) in [5.74, 6) is 0.347. The van der Waals surface area contributed by atoms with E-state index in [2.05, 4.69) is 10.6 Å². The Morgan fingerprint density at radius 1 is 1.08 bits per heavy atom. The highest BCUT2D eigenvalue weighted by atomic mass is 16.5. The molecule has 0 heterocycles. The molecule has 0 unspecified atom stereocenters. The number of methoxy groups -OCH3 is 1. The molecule has 2 amide bonds. The minimum Gasteiger partial charge on any atom is -0.504 e. The number of phenolic OH excluding ortho intramolecular Hbond substituents is 1. The van der Waals surface area contributed by atoms with Crippen molar-refractivity contribution in [2.45, 2.75) is 20.0 Å². The van der Waals surface area contributed by atoms with Gasteiger partial charge < -0.3 is 20.5 Å². The fourth-order valence-corrected chi connectivity index (χ4v) is 2.20. The van der Waals surface area contributed by atoms with Crippen LogP contribution in [0.1, 0.15) is 28.4 Å². The Bertz CT molecular complexity index is 744. The number of rotatable bonds is 6. The van der Waals surface area contributed by atoms with Gasteiger partial charge >= 0.3 is 6.03 Å². The molecule has 0 radical (unpaired) electrons. The van der Waals surface area contributed by atoms with E-state index in [1.807, 2.05) is 6.07 Å². The molecular weight excluding hydrogens is 308 g/mol. The summed E-state index contributed by atoms with van der Waals surface area (Å²) in [6.45, 7) is 1.97. The van der Waals surface area contributed by atoms with E-state index < -0.39 is 0 Å². The predicted molar refractivity (Wildman–Crippen MR) is 90.2 cm³/mol. The number of ketones is 1. The molecular formula is C18H20N2O4. The van der Waals surface area contributed by atoms with Gasteiger partial charge in [-0.25, -0.2) is 4.79 Å². The highest BCUT2D eigenvalue weighted by Crippen LogP contribution is 2.28. The van der Waals surface area contributed by atoms with E-state index in [0.29, 0.717) is 23.4 Å². The van der Waals surface area contributed by atoms with Crippen molar-refractivity contribution < 1.29 is 19.4 Å². The second-order valence-corrected chi connectivity index (χ2v) is 5.26. The molecule has 0 spiro atoms. The monoisotopic (exact) mass is 328 g/mol. The van der Waals surface area contributed by atoms with Crippen molar-refractivity contribution in [2.24, 2.45) is 0 Å². The van der Waals surface area contributed by atoms with Crippen LogP contribution in [0.4, 0.5) is 4.79 Å². The number of amides is 2. The van der Waals surface area contributed by atoms with Gasteiger partial charge in [0.25, 0.3) is 0 Å². The number of hydrogen-bond donors (Lipinski definition) is 3. The predicted octanol–water partition coefficient (Wildman–Crippen LogP) is 2.60. The second kappa shape index (κ2) is 8.01. The average molecular weight is 328 g/mol. The minimum absolute atomic E-state index is 0.00876. The van der Waals surface area contributed by atoms with Gasteiger partial charge in [-0.2, -0.15) is 0 Å². The molecule has 6 nitrogen and oxygen atoms in total. The number of Topliss-reactive ketones (excluding diaryl/α,β-unsaturated/α-hetero) is 1. The summed E-state index contributed by atoms with van der Waals surface area (Å²) < 4.78 is 5.02. The first-order valence-electron chi connectivity index (χ1n) is 7.47. The third kappa shape index (κ3) is 4.49. The van der Waals surface area contributed by atoms with E-state index in [1.165, 1.54) is 14.0 Å². The molecule has 2 aromatic rings. The number of para-hydroxylation sites is 1. The Kier molecular flexibility index (Phi) is 5.78. The van der Waals surface area contributed by atoms with Crippen molar-refractivity contribution in [3.63, 3.8) is 0 Å². The molecule has 0 bridgehead atoms. The van der Waals surface area contributed by atoms with Crippen molar-refractivity contribution >= 4 is 11.8 Å². The van der Waals surface area contributed by atoms with E-state index in [-0.39, 0.29) is 24.1 Å². The first kappa shape index (κ1) is 17.3. The summed E-state index contributed by atoms with van der Waals surface area (Å²) >= 11 is 0. The van der Waals surface area contributed by atoms with E-state index in [4.69, 9.17) is 4.74 Å². The third-order valence-corrected chi connectivity index (χ3v) is 3.53. The first-order chi connectivity index (χ1) is 11.5. The standard InChI is InChI=1S/C18H20N2O4/c1-12(21)14-6-3-5-13(9-14)10-19-18(23)20-11-15-7-4-8-16(24-2)17(15)22/h3-9,22H,10-11H2,1-2H3,(H2,19,20,23). The molecule has 0 aliphatic rings. The number of benzene rings is 2. The van der Waals surface area contributed by atoms with Crippen LogP contribution < -0.4 is 15.4 Å². The molecule has 0 saturated heterocycles. The van der Waals surface area contributed by atoms with Crippen LogP contribution in [0, 0.1) is 0 Å². The Morgan fingerprint density at radius 2 is 1.79 bits per heavy atom. The molecule has 0 saturated carbocycles. The number of ether oxygens (including phenoxy) is 1. The van der Waals surface area contributed by atoms with Crippen LogP contribution in [0.3, 0.4) is 0 Å². The maximum absolute atomic E-state index is 11.9. The van der Waals surface area contributed by atoms with Crippen molar-refractivity contribution in [2.75, 3.05) is 7.11 Å². The fourth-order valence-electron chi connectivity index (χ4n) is 2.20. The molecule has 126 valence electrons. The number of carbonyl (C=O) groups is 2. The third-order valence-electron chi connectivity index (χ3n) is 3.53. The van der Waals surface area contributed by atoms with Gasteiger partial charge in [-0.05, 0) is 24.6 Å². The average Bonchev–Trinajstić information content (AvgIpc) is 2.59. The number of urea groups is 1. The highest BCUT2D eigenvalue weighted by molar-refractivity contribution is 5.94. The molecule has 2 rings (SSSR count).